The molecule has 138 valence electrons. The first kappa shape index (κ1) is 16.4. The number of hydrogen-bond acceptors (Lipinski definition) is 3. The van der Waals surface area contributed by atoms with Gasteiger partial charge in [0, 0.05) is 19.0 Å². The predicted molar refractivity (Wildman–Crippen MR) is 99.4 cm³/mol. The van der Waals surface area contributed by atoms with E-state index in [1.807, 2.05) is 24.3 Å². The van der Waals surface area contributed by atoms with Gasteiger partial charge >= 0.3 is 12.1 Å². The molecule has 5 nitrogen and oxygen atoms in total. The van der Waals surface area contributed by atoms with E-state index >= 15 is 0 Å². The van der Waals surface area contributed by atoms with Crippen LogP contribution in [0.5, 0.6) is 0 Å². The van der Waals surface area contributed by atoms with Crippen LogP contribution in [0.2, 0.25) is 0 Å². The molecule has 0 aromatic heterocycles. The molecule has 27 heavy (non-hydrogen) atoms. The second kappa shape index (κ2) is 6.12. The van der Waals surface area contributed by atoms with Gasteiger partial charge in [0.15, 0.2) is 0 Å². The Labute approximate surface area is 157 Å². The van der Waals surface area contributed by atoms with Crippen LogP contribution in [0.1, 0.15) is 23.5 Å². The van der Waals surface area contributed by atoms with Crippen LogP contribution in [-0.2, 0) is 9.53 Å². The van der Waals surface area contributed by atoms with Gasteiger partial charge in [-0.05, 0) is 40.5 Å². The summed E-state index contributed by atoms with van der Waals surface area (Å²) in [7, 11) is 0. The van der Waals surface area contributed by atoms with Gasteiger partial charge in [0.2, 0.25) is 0 Å². The van der Waals surface area contributed by atoms with E-state index in [0.29, 0.717) is 19.7 Å². The highest BCUT2D eigenvalue weighted by molar-refractivity contribution is 5.79. The van der Waals surface area contributed by atoms with Crippen LogP contribution < -0.4 is 0 Å². The number of fused-ring (bicyclic) bond motifs is 4. The van der Waals surface area contributed by atoms with Gasteiger partial charge in [-0.3, -0.25) is 4.79 Å². The molecule has 1 saturated carbocycles. The van der Waals surface area contributed by atoms with E-state index < -0.39 is 5.97 Å². The summed E-state index contributed by atoms with van der Waals surface area (Å²) in [5.41, 5.74) is 4.80. The Morgan fingerprint density at radius 1 is 1.00 bits per heavy atom. The third-order valence-electron chi connectivity index (χ3n) is 6.37. The maximum atomic E-state index is 12.6. The van der Waals surface area contributed by atoms with E-state index in [1.165, 1.54) is 22.3 Å². The Morgan fingerprint density at radius 2 is 1.63 bits per heavy atom. The zero-order valence-electron chi connectivity index (χ0n) is 14.9. The summed E-state index contributed by atoms with van der Waals surface area (Å²) in [6.07, 6.45) is 0.428. The van der Waals surface area contributed by atoms with E-state index in [1.54, 1.807) is 4.90 Å². The number of hydrogen-bond donors (Lipinski definition) is 1. The monoisotopic (exact) mass is 363 g/mol. The predicted octanol–water partition coefficient (Wildman–Crippen LogP) is 3.59. The Kier molecular flexibility index (Phi) is 3.71. The highest BCUT2D eigenvalue weighted by Crippen LogP contribution is 2.51. The maximum absolute atomic E-state index is 12.6. The molecule has 1 amide bonds. The van der Waals surface area contributed by atoms with Crippen molar-refractivity contribution in [2.45, 2.75) is 12.3 Å². The summed E-state index contributed by atoms with van der Waals surface area (Å²) in [5, 5.41) is 9.21. The standard InChI is InChI=1S/C22H21NO4/c24-21(25)20-17-9-10-23(11-18(17)20)22(26)27-12-19-15-7-3-1-5-13(15)14-6-2-4-8-16(14)19/h1-8,17-20H,9-12H2,(H,24,25). The minimum Gasteiger partial charge on any atom is -0.481 e. The molecule has 2 aliphatic carbocycles. The van der Waals surface area contributed by atoms with Crippen molar-refractivity contribution >= 4 is 12.1 Å². The smallest absolute Gasteiger partial charge is 0.409 e. The van der Waals surface area contributed by atoms with Gasteiger partial charge < -0.3 is 14.7 Å². The van der Waals surface area contributed by atoms with E-state index in [4.69, 9.17) is 4.74 Å². The first-order valence-electron chi connectivity index (χ1n) is 9.48. The minimum absolute atomic E-state index is 0.0478. The summed E-state index contributed by atoms with van der Waals surface area (Å²) in [6, 6.07) is 16.5. The molecule has 1 saturated heterocycles. The highest BCUT2D eigenvalue weighted by Gasteiger charge is 2.57. The van der Waals surface area contributed by atoms with Crippen molar-refractivity contribution in [2.75, 3.05) is 19.7 Å². The molecule has 3 aliphatic rings. The fraction of sp³-hybridized carbons (Fsp3) is 0.364. The third kappa shape index (κ3) is 2.60. The second-order valence-corrected chi connectivity index (χ2v) is 7.73. The van der Waals surface area contributed by atoms with Crippen LogP contribution in [0.3, 0.4) is 0 Å². The van der Waals surface area contributed by atoms with Crippen LogP contribution in [0.25, 0.3) is 11.1 Å². The molecule has 0 radical (unpaired) electrons. The van der Waals surface area contributed by atoms with E-state index in [2.05, 4.69) is 24.3 Å². The lowest BCUT2D eigenvalue weighted by molar-refractivity contribution is -0.139. The van der Waals surface area contributed by atoms with Gasteiger partial charge in [0.25, 0.3) is 0 Å². The zero-order chi connectivity index (χ0) is 18.5. The lowest BCUT2D eigenvalue weighted by Crippen LogP contribution is -2.38. The van der Waals surface area contributed by atoms with Gasteiger partial charge in [-0.25, -0.2) is 4.79 Å². The number of piperidine rings is 1. The number of benzene rings is 2. The van der Waals surface area contributed by atoms with Gasteiger partial charge in [0.05, 0.1) is 5.92 Å². The summed E-state index contributed by atoms with van der Waals surface area (Å²) < 4.78 is 5.68. The number of likely N-dealkylation sites (tertiary alicyclic amines) is 1. The quantitative estimate of drug-likeness (QED) is 0.905. The lowest BCUT2D eigenvalue weighted by Gasteiger charge is -2.26. The zero-order valence-corrected chi connectivity index (χ0v) is 14.9. The van der Waals surface area contributed by atoms with Crippen molar-refractivity contribution in [3.8, 4) is 11.1 Å². The number of carbonyl (C=O) groups excluding carboxylic acids is 1. The molecule has 2 aromatic carbocycles. The fourth-order valence-electron chi connectivity index (χ4n) is 4.96. The minimum atomic E-state index is -0.737. The maximum Gasteiger partial charge on any atom is 0.409 e. The molecule has 3 atom stereocenters. The highest BCUT2D eigenvalue weighted by atomic mass is 16.6. The Hall–Kier alpha value is -2.82. The fourth-order valence-corrected chi connectivity index (χ4v) is 4.96. The topological polar surface area (TPSA) is 66.8 Å². The van der Waals surface area contributed by atoms with Crippen LogP contribution >= 0.6 is 0 Å². The largest absolute Gasteiger partial charge is 0.481 e. The molecular formula is C22H21NO4. The normalized spacial score (nSPS) is 25.3. The van der Waals surface area contributed by atoms with Gasteiger partial charge in [-0.1, -0.05) is 48.5 Å². The molecule has 1 N–H and O–H groups in total. The molecular weight excluding hydrogens is 342 g/mol. The molecule has 1 aliphatic heterocycles. The van der Waals surface area contributed by atoms with E-state index in [9.17, 15) is 14.7 Å². The average molecular weight is 363 g/mol. The number of rotatable bonds is 3. The lowest BCUT2D eigenvalue weighted by atomic mass is 9.98. The molecule has 0 bridgehead atoms. The second-order valence-electron chi connectivity index (χ2n) is 7.73. The first-order chi connectivity index (χ1) is 13.1. The molecule has 2 fully saturated rings. The van der Waals surface area contributed by atoms with E-state index in [0.717, 1.165) is 6.42 Å². The number of amides is 1. The van der Waals surface area contributed by atoms with Gasteiger partial charge in [-0.15, -0.1) is 0 Å². The van der Waals surface area contributed by atoms with Crippen molar-refractivity contribution < 1.29 is 19.4 Å². The van der Waals surface area contributed by atoms with Crippen molar-refractivity contribution in [1.29, 1.82) is 0 Å². The number of ether oxygens (including phenoxy) is 1. The van der Waals surface area contributed by atoms with Crippen LogP contribution in [0, 0.1) is 17.8 Å². The molecule has 1 heterocycles. The van der Waals surface area contributed by atoms with Crippen molar-refractivity contribution in [1.82, 2.24) is 4.90 Å². The Morgan fingerprint density at radius 3 is 2.26 bits per heavy atom. The number of carbonyl (C=O) groups is 2. The van der Waals surface area contributed by atoms with Crippen molar-refractivity contribution in [3.05, 3.63) is 59.7 Å². The number of aliphatic carboxylic acids is 1. The molecule has 3 unspecified atom stereocenters. The number of nitrogens with zero attached hydrogens (tertiary/aromatic N) is 1. The molecule has 5 heteroatoms. The van der Waals surface area contributed by atoms with Crippen LogP contribution in [0.15, 0.2) is 48.5 Å². The Balaban J connectivity index is 1.28. The third-order valence-corrected chi connectivity index (χ3v) is 6.37. The summed E-state index contributed by atoms with van der Waals surface area (Å²) in [4.78, 5) is 25.5. The first-order valence-corrected chi connectivity index (χ1v) is 9.48. The number of carboxylic acids is 1. The van der Waals surface area contributed by atoms with Crippen LogP contribution in [-0.4, -0.2) is 41.8 Å². The van der Waals surface area contributed by atoms with Gasteiger partial charge in [0.1, 0.15) is 6.61 Å². The van der Waals surface area contributed by atoms with E-state index in [-0.39, 0.29) is 29.8 Å². The summed E-state index contributed by atoms with van der Waals surface area (Å²) >= 11 is 0. The summed E-state index contributed by atoms with van der Waals surface area (Å²) in [6.45, 7) is 1.39. The summed E-state index contributed by atoms with van der Waals surface area (Å²) in [5.74, 6) is -0.640. The van der Waals surface area contributed by atoms with Crippen LogP contribution in [0.4, 0.5) is 4.79 Å². The average Bonchev–Trinajstić information content (AvgIpc) is 3.34. The Bertz CT molecular complexity index is 879. The molecule has 2 aromatic rings. The SMILES string of the molecule is O=C(O)C1C2CCN(C(=O)OCC3c4ccccc4-c4ccccc43)CC21. The molecule has 0 spiro atoms. The number of carboxylic acid groups (broad SMARTS) is 1. The van der Waals surface area contributed by atoms with Crippen molar-refractivity contribution in [3.63, 3.8) is 0 Å². The van der Waals surface area contributed by atoms with Crippen molar-refractivity contribution in [2.24, 2.45) is 17.8 Å². The van der Waals surface area contributed by atoms with Gasteiger partial charge in [-0.2, -0.15) is 0 Å². The molecule has 5 rings (SSSR count).